The summed E-state index contributed by atoms with van der Waals surface area (Å²) in [7, 11) is 0. The Kier molecular flexibility index (Phi) is 5.94. The summed E-state index contributed by atoms with van der Waals surface area (Å²) in [5, 5.41) is 9.82. The Morgan fingerprint density at radius 3 is 2.78 bits per heavy atom. The van der Waals surface area contributed by atoms with Crippen LogP contribution in [0.5, 0.6) is 0 Å². The Labute approximate surface area is 164 Å². The van der Waals surface area contributed by atoms with Crippen molar-refractivity contribution in [3.63, 3.8) is 0 Å². The number of fused-ring (bicyclic) bond motifs is 1. The van der Waals surface area contributed by atoms with E-state index < -0.39 is 5.97 Å². The number of nitrogens with zero attached hydrogens (tertiary/aromatic N) is 3. The number of carbonyl (C=O) groups is 1. The van der Waals surface area contributed by atoms with Gasteiger partial charge in [-0.2, -0.15) is 5.26 Å². The third-order valence-electron chi connectivity index (χ3n) is 3.93. The van der Waals surface area contributed by atoms with Crippen LogP contribution in [0.2, 0.25) is 0 Å². The highest BCUT2D eigenvalue weighted by Crippen LogP contribution is 2.30. The van der Waals surface area contributed by atoms with Crippen LogP contribution in [-0.2, 0) is 11.3 Å². The van der Waals surface area contributed by atoms with Crippen LogP contribution < -0.4 is 5.56 Å². The highest BCUT2D eigenvalue weighted by molar-refractivity contribution is 7.99. The van der Waals surface area contributed by atoms with E-state index in [9.17, 15) is 9.59 Å². The quantitative estimate of drug-likeness (QED) is 0.358. The molecule has 0 atom stereocenters. The highest BCUT2D eigenvalue weighted by atomic mass is 32.2. The van der Waals surface area contributed by atoms with E-state index in [1.165, 1.54) is 11.8 Å². The zero-order valence-corrected chi connectivity index (χ0v) is 16.5. The Morgan fingerprint density at radius 1 is 1.37 bits per heavy atom. The molecule has 0 N–H and O–H groups in total. The molecule has 138 valence electrons. The number of thioether (sulfide) groups is 1. The molecule has 0 radical (unpaired) electrons. The zero-order valence-electron chi connectivity index (χ0n) is 14.9. The number of benzene rings is 1. The molecule has 0 spiro atoms. The molecule has 2 heterocycles. The average Bonchev–Trinajstić information content (AvgIpc) is 3.00. The molecule has 0 bridgehead atoms. The van der Waals surface area contributed by atoms with E-state index in [1.54, 1.807) is 18.4 Å². The highest BCUT2D eigenvalue weighted by Gasteiger charge is 2.22. The lowest BCUT2D eigenvalue weighted by atomic mass is 10.2. The normalized spacial score (nSPS) is 10.7. The van der Waals surface area contributed by atoms with E-state index in [1.807, 2.05) is 30.3 Å². The number of aromatic nitrogens is 2. The van der Waals surface area contributed by atoms with Gasteiger partial charge in [0.15, 0.2) is 5.16 Å². The number of hydrogen-bond donors (Lipinski definition) is 0. The van der Waals surface area contributed by atoms with E-state index in [0.29, 0.717) is 32.4 Å². The predicted octanol–water partition coefficient (Wildman–Crippen LogP) is 3.61. The van der Waals surface area contributed by atoms with Crippen molar-refractivity contribution < 1.29 is 9.53 Å². The van der Waals surface area contributed by atoms with Gasteiger partial charge < -0.3 is 4.74 Å². The fourth-order valence-electron chi connectivity index (χ4n) is 2.70. The predicted molar refractivity (Wildman–Crippen MR) is 106 cm³/mol. The summed E-state index contributed by atoms with van der Waals surface area (Å²) in [5.41, 5.74) is 1.33. The van der Waals surface area contributed by atoms with Gasteiger partial charge in [0.2, 0.25) is 0 Å². The minimum absolute atomic E-state index is 0.182. The molecule has 6 nitrogen and oxygen atoms in total. The Bertz CT molecular complexity index is 1080. The number of hydrogen-bond acceptors (Lipinski definition) is 7. The summed E-state index contributed by atoms with van der Waals surface area (Å²) < 4.78 is 6.65. The number of rotatable bonds is 6. The average molecular weight is 399 g/mol. The summed E-state index contributed by atoms with van der Waals surface area (Å²) in [6.07, 6.45) is 0. The maximum absolute atomic E-state index is 13.2. The Morgan fingerprint density at radius 2 is 2.11 bits per heavy atom. The van der Waals surface area contributed by atoms with E-state index in [2.05, 4.69) is 11.1 Å². The molecule has 1 aromatic carbocycles. The molecular weight excluding hydrogens is 382 g/mol. The van der Waals surface area contributed by atoms with Gasteiger partial charge in [-0.3, -0.25) is 9.36 Å². The minimum atomic E-state index is -0.446. The van der Waals surface area contributed by atoms with Crippen LogP contribution in [0, 0.1) is 18.3 Å². The Balaban J connectivity index is 2.18. The van der Waals surface area contributed by atoms with Crippen LogP contribution in [-0.4, -0.2) is 27.9 Å². The van der Waals surface area contributed by atoms with Crippen molar-refractivity contribution in [2.24, 2.45) is 0 Å². The molecule has 8 heteroatoms. The summed E-state index contributed by atoms with van der Waals surface area (Å²) in [6.45, 7) is 4.09. The van der Waals surface area contributed by atoms with Gasteiger partial charge in [-0.25, -0.2) is 9.78 Å². The molecule has 0 aliphatic carbocycles. The maximum Gasteiger partial charge on any atom is 0.348 e. The zero-order chi connectivity index (χ0) is 19.4. The molecule has 0 fully saturated rings. The van der Waals surface area contributed by atoms with Crippen LogP contribution in [0.3, 0.4) is 0 Å². The molecule has 0 saturated heterocycles. The lowest BCUT2D eigenvalue weighted by Gasteiger charge is -2.11. The first-order chi connectivity index (χ1) is 13.1. The summed E-state index contributed by atoms with van der Waals surface area (Å²) >= 11 is 2.36. The number of ether oxygens (including phenoxy) is 1. The van der Waals surface area contributed by atoms with Crippen LogP contribution in [0.1, 0.15) is 27.7 Å². The smallest absolute Gasteiger partial charge is 0.348 e. The molecule has 3 rings (SSSR count). The van der Waals surface area contributed by atoms with Crippen molar-refractivity contribution in [3.05, 3.63) is 56.7 Å². The monoisotopic (exact) mass is 399 g/mol. The minimum Gasteiger partial charge on any atom is -0.462 e. The second-order valence-corrected chi connectivity index (χ2v) is 7.62. The van der Waals surface area contributed by atoms with Crippen LogP contribution in [0.25, 0.3) is 10.2 Å². The number of thiophene rings is 1. The van der Waals surface area contributed by atoms with Crippen molar-refractivity contribution in [1.82, 2.24) is 9.55 Å². The lowest BCUT2D eigenvalue weighted by Crippen LogP contribution is -2.24. The van der Waals surface area contributed by atoms with Crippen molar-refractivity contribution >= 4 is 39.3 Å². The maximum atomic E-state index is 13.2. The van der Waals surface area contributed by atoms with Gasteiger partial charge in [-0.15, -0.1) is 11.3 Å². The van der Waals surface area contributed by atoms with Crippen molar-refractivity contribution in [3.8, 4) is 6.07 Å². The second-order valence-electron chi connectivity index (χ2n) is 5.67. The van der Waals surface area contributed by atoms with E-state index in [0.717, 1.165) is 16.9 Å². The summed E-state index contributed by atoms with van der Waals surface area (Å²) in [4.78, 5) is 30.9. The fourth-order valence-corrected chi connectivity index (χ4v) is 4.48. The molecule has 0 aliphatic heterocycles. The van der Waals surface area contributed by atoms with E-state index in [-0.39, 0.29) is 17.9 Å². The molecule has 27 heavy (non-hydrogen) atoms. The van der Waals surface area contributed by atoms with Gasteiger partial charge in [0.25, 0.3) is 5.56 Å². The number of nitriles is 1. The molecule has 2 aromatic heterocycles. The third kappa shape index (κ3) is 3.89. The first-order valence-electron chi connectivity index (χ1n) is 8.31. The molecule has 3 aromatic rings. The van der Waals surface area contributed by atoms with Gasteiger partial charge in [0.1, 0.15) is 9.71 Å². The molecular formula is C19H17N3O3S2. The SMILES string of the molecule is CCOC(=O)c1sc2nc(SCC#N)n(Cc3ccccc3)c(=O)c2c1C. The van der Waals surface area contributed by atoms with Gasteiger partial charge in [-0.05, 0) is 25.0 Å². The second kappa shape index (κ2) is 8.37. The third-order valence-corrected chi connectivity index (χ3v) is 5.93. The van der Waals surface area contributed by atoms with Crippen LogP contribution in [0.15, 0.2) is 40.3 Å². The number of carbonyl (C=O) groups excluding carboxylic acids is 1. The standard InChI is InChI=1S/C19H17N3O3S2/c1-3-25-18(24)15-12(2)14-16(27-15)21-19(26-10-9-20)22(17(14)23)11-13-7-5-4-6-8-13/h4-8H,3,10-11H2,1-2H3. The van der Waals surface area contributed by atoms with E-state index in [4.69, 9.17) is 10.00 Å². The molecule has 0 amide bonds. The van der Waals surface area contributed by atoms with E-state index >= 15 is 0 Å². The Hall–Kier alpha value is -2.63. The topological polar surface area (TPSA) is 85.0 Å². The van der Waals surface area contributed by atoms with Crippen molar-refractivity contribution in [2.75, 3.05) is 12.4 Å². The van der Waals surface area contributed by atoms with Crippen LogP contribution >= 0.6 is 23.1 Å². The first kappa shape index (κ1) is 19.1. The summed E-state index contributed by atoms with van der Waals surface area (Å²) in [5.74, 6) is -0.264. The first-order valence-corrected chi connectivity index (χ1v) is 10.1. The number of esters is 1. The molecule has 0 saturated carbocycles. The number of aryl methyl sites for hydroxylation is 1. The van der Waals surface area contributed by atoms with Crippen molar-refractivity contribution in [1.29, 1.82) is 5.26 Å². The van der Waals surface area contributed by atoms with Crippen molar-refractivity contribution in [2.45, 2.75) is 25.5 Å². The fraction of sp³-hybridized carbons (Fsp3) is 0.263. The molecule has 0 unspecified atom stereocenters. The summed E-state index contributed by atoms with van der Waals surface area (Å²) in [6, 6.07) is 11.6. The van der Waals surface area contributed by atoms with Gasteiger partial charge >= 0.3 is 5.97 Å². The van der Waals surface area contributed by atoms with Gasteiger partial charge in [0.05, 0.1) is 30.4 Å². The van der Waals surface area contributed by atoms with Gasteiger partial charge in [0, 0.05) is 0 Å². The van der Waals surface area contributed by atoms with Gasteiger partial charge in [-0.1, -0.05) is 42.1 Å². The molecule has 0 aliphatic rings. The van der Waals surface area contributed by atoms with Crippen LogP contribution in [0.4, 0.5) is 0 Å². The lowest BCUT2D eigenvalue weighted by molar-refractivity contribution is 0.0531. The largest absolute Gasteiger partial charge is 0.462 e.